The smallest absolute Gasteiger partial charge is 0.208 e. The van der Waals surface area contributed by atoms with Gasteiger partial charge in [-0.2, -0.15) is 0 Å². The molecule has 27 heavy (non-hydrogen) atoms. The summed E-state index contributed by atoms with van der Waals surface area (Å²) in [5.74, 6) is 1.53. The number of aromatic nitrogens is 3. The lowest BCUT2D eigenvalue weighted by Crippen LogP contribution is -2.03. The summed E-state index contributed by atoms with van der Waals surface area (Å²) in [4.78, 5) is 9.45. The van der Waals surface area contributed by atoms with Crippen molar-refractivity contribution in [3.05, 3.63) is 46.2 Å². The van der Waals surface area contributed by atoms with Gasteiger partial charge in [-0.15, -0.1) is 0 Å². The zero-order chi connectivity index (χ0) is 19.6. The number of rotatable bonds is 6. The number of allylic oxidation sites excluding steroid dienone is 2. The fourth-order valence-corrected chi connectivity index (χ4v) is 3.86. The number of pyridine rings is 1. The summed E-state index contributed by atoms with van der Waals surface area (Å²) in [6.45, 7) is 6.35. The Labute approximate surface area is 168 Å². The maximum Gasteiger partial charge on any atom is 0.208 e. The number of methoxy groups -OCH3 is 1. The van der Waals surface area contributed by atoms with Gasteiger partial charge in [0.05, 0.1) is 29.5 Å². The number of hydrogen-bond donors (Lipinski definition) is 1. The Balaban J connectivity index is 2.13. The van der Waals surface area contributed by atoms with E-state index in [0.29, 0.717) is 0 Å². The van der Waals surface area contributed by atoms with Crippen molar-refractivity contribution in [2.45, 2.75) is 33.6 Å². The maximum atomic E-state index is 5.55. The number of imidazole rings is 1. The van der Waals surface area contributed by atoms with Crippen LogP contribution in [0.2, 0.25) is 0 Å². The highest BCUT2D eigenvalue weighted by Gasteiger charge is 2.17. The van der Waals surface area contributed by atoms with E-state index in [0.717, 1.165) is 57.0 Å². The van der Waals surface area contributed by atoms with E-state index in [4.69, 9.17) is 9.72 Å². The average Bonchev–Trinajstić information content (AvgIpc) is 2.97. The van der Waals surface area contributed by atoms with Crippen LogP contribution < -0.4 is 10.1 Å². The molecule has 0 saturated carbocycles. The maximum absolute atomic E-state index is 5.55. The van der Waals surface area contributed by atoms with Gasteiger partial charge in [-0.05, 0) is 49.1 Å². The lowest BCUT2D eigenvalue weighted by atomic mass is 10.1. The lowest BCUT2D eigenvalue weighted by Gasteiger charge is -2.14. The Morgan fingerprint density at radius 3 is 2.78 bits per heavy atom. The topological polar surface area (TPSA) is 52.0 Å². The molecule has 2 heterocycles. The van der Waals surface area contributed by atoms with Gasteiger partial charge in [0, 0.05) is 17.7 Å². The molecule has 3 aromatic rings. The summed E-state index contributed by atoms with van der Waals surface area (Å²) in [6, 6.07) is 5.96. The monoisotopic (exact) mass is 428 g/mol. The molecule has 0 bridgehead atoms. The predicted octanol–water partition coefficient (Wildman–Crippen LogP) is 5.99. The van der Waals surface area contributed by atoms with Crippen LogP contribution in [-0.4, -0.2) is 21.6 Å². The van der Waals surface area contributed by atoms with Crippen LogP contribution in [0.1, 0.15) is 37.9 Å². The molecule has 0 fully saturated rings. The highest BCUT2D eigenvalue weighted by atomic mass is 79.9. The molecule has 0 unspecified atom stereocenters. The molecular formula is C21H25BrN4O. The minimum absolute atomic E-state index is 0.759. The molecule has 0 aliphatic rings. The van der Waals surface area contributed by atoms with Crippen molar-refractivity contribution in [2.24, 2.45) is 7.05 Å². The van der Waals surface area contributed by atoms with E-state index in [2.05, 4.69) is 56.8 Å². The normalized spacial score (nSPS) is 11.9. The second-order valence-electron chi connectivity index (χ2n) is 6.44. The van der Waals surface area contributed by atoms with Gasteiger partial charge in [0.2, 0.25) is 5.95 Å². The third-order valence-corrected chi connectivity index (χ3v) is 5.10. The van der Waals surface area contributed by atoms with E-state index in [-0.39, 0.29) is 0 Å². The number of nitrogens with zero attached hydrogens (tertiary/aromatic N) is 3. The number of halogens is 1. The summed E-state index contributed by atoms with van der Waals surface area (Å²) in [5, 5.41) is 3.45. The summed E-state index contributed by atoms with van der Waals surface area (Å²) in [5.41, 5.74) is 6.19. The first-order valence-electron chi connectivity index (χ1n) is 9.12. The van der Waals surface area contributed by atoms with E-state index in [1.54, 1.807) is 7.11 Å². The van der Waals surface area contributed by atoms with Crippen molar-refractivity contribution >= 4 is 44.2 Å². The molecule has 2 aromatic heterocycles. The molecule has 0 aliphatic carbocycles. The van der Waals surface area contributed by atoms with Crippen LogP contribution in [0.3, 0.4) is 0 Å². The van der Waals surface area contributed by atoms with Crippen molar-refractivity contribution in [1.82, 2.24) is 14.5 Å². The predicted molar refractivity (Wildman–Crippen MR) is 116 cm³/mol. The molecule has 1 aromatic carbocycles. The summed E-state index contributed by atoms with van der Waals surface area (Å²) in [6.07, 6.45) is 6.00. The van der Waals surface area contributed by atoms with E-state index in [1.165, 1.54) is 5.57 Å². The van der Waals surface area contributed by atoms with Gasteiger partial charge in [0.15, 0.2) is 0 Å². The molecule has 0 spiro atoms. The number of ether oxygens (including phenoxy) is 1. The third kappa shape index (κ3) is 3.72. The Kier molecular flexibility index (Phi) is 5.85. The number of anilines is 2. The average molecular weight is 429 g/mol. The van der Waals surface area contributed by atoms with Gasteiger partial charge in [-0.25, -0.2) is 4.98 Å². The first kappa shape index (κ1) is 19.4. The zero-order valence-electron chi connectivity index (χ0n) is 16.4. The van der Waals surface area contributed by atoms with Crippen LogP contribution in [0.4, 0.5) is 11.6 Å². The first-order valence-corrected chi connectivity index (χ1v) is 9.91. The van der Waals surface area contributed by atoms with Crippen LogP contribution in [0.5, 0.6) is 5.75 Å². The molecular weight excluding hydrogens is 404 g/mol. The first-order chi connectivity index (χ1) is 13.0. The Hall–Kier alpha value is -2.34. The number of nitrogens with one attached hydrogen (secondary N) is 1. The van der Waals surface area contributed by atoms with Crippen LogP contribution in [0, 0.1) is 6.92 Å². The van der Waals surface area contributed by atoms with E-state index < -0.39 is 0 Å². The molecule has 142 valence electrons. The van der Waals surface area contributed by atoms with Crippen molar-refractivity contribution < 1.29 is 4.74 Å². The third-order valence-electron chi connectivity index (χ3n) is 4.64. The lowest BCUT2D eigenvalue weighted by molar-refractivity contribution is 0.416. The molecule has 0 atom stereocenters. The molecule has 0 saturated heterocycles. The summed E-state index contributed by atoms with van der Waals surface area (Å²) >= 11 is 3.52. The number of hydrogen-bond acceptors (Lipinski definition) is 4. The highest BCUT2D eigenvalue weighted by Crippen LogP contribution is 2.35. The molecule has 0 amide bonds. The van der Waals surface area contributed by atoms with Gasteiger partial charge < -0.3 is 14.6 Å². The minimum Gasteiger partial charge on any atom is -0.495 e. The Morgan fingerprint density at radius 2 is 2.11 bits per heavy atom. The van der Waals surface area contributed by atoms with Gasteiger partial charge in [0.25, 0.3) is 0 Å². The fraction of sp³-hybridized carbons (Fsp3) is 0.333. The van der Waals surface area contributed by atoms with Gasteiger partial charge in [-0.3, -0.25) is 4.98 Å². The largest absolute Gasteiger partial charge is 0.495 e. The molecule has 1 N–H and O–H groups in total. The second kappa shape index (κ2) is 8.13. The fourth-order valence-electron chi connectivity index (χ4n) is 3.31. The van der Waals surface area contributed by atoms with E-state index >= 15 is 0 Å². The number of aryl methyl sites for hydroxylation is 2. The van der Waals surface area contributed by atoms with Crippen molar-refractivity contribution in [3.63, 3.8) is 0 Å². The van der Waals surface area contributed by atoms with Gasteiger partial charge >= 0.3 is 0 Å². The molecule has 3 rings (SSSR count). The van der Waals surface area contributed by atoms with Crippen molar-refractivity contribution in [1.29, 1.82) is 0 Å². The van der Waals surface area contributed by atoms with E-state index in [9.17, 15) is 0 Å². The quantitative estimate of drug-likeness (QED) is 0.523. The zero-order valence-corrected chi connectivity index (χ0v) is 18.0. The Morgan fingerprint density at radius 1 is 1.33 bits per heavy atom. The van der Waals surface area contributed by atoms with Crippen molar-refractivity contribution in [3.8, 4) is 5.75 Å². The second-order valence-corrected chi connectivity index (χ2v) is 7.35. The Bertz CT molecular complexity index is 1010. The van der Waals surface area contributed by atoms with Crippen LogP contribution >= 0.6 is 15.9 Å². The highest BCUT2D eigenvalue weighted by molar-refractivity contribution is 9.10. The van der Waals surface area contributed by atoms with E-state index in [1.807, 2.05) is 32.3 Å². The standard InChI is InChI=1S/C21H25BrN4O/c1-6-8-14(7-2)19-20-16(9-10-23-19)24-21(26(20)4)25-18-13(3)11-15(22)12-17(18)27-5/h8-12H,6-7H2,1-5H3,(H,24,25). The van der Waals surface area contributed by atoms with Crippen LogP contribution in [0.25, 0.3) is 16.6 Å². The van der Waals surface area contributed by atoms with Gasteiger partial charge in [0.1, 0.15) is 5.75 Å². The molecule has 6 heteroatoms. The summed E-state index contributed by atoms with van der Waals surface area (Å²) in [7, 11) is 3.69. The van der Waals surface area contributed by atoms with Crippen LogP contribution in [0.15, 0.2) is 34.9 Å². The number of benzene rings is 1. The minimum atomic E-state index is 0.759. The molecule has 5 nitrogen and oxygen atoms in total. The number of fused-ring (bicyclic) bond motifs is 1. The van der Waals surface area contributed by atoms with Crippen LogP contribution in [-0.2, 0) is 7.05 Å². The summed E-state index contributed by atoms with van der Waals surface area (Å²) < 4.78 is 8.60. The van der Waals surface area contributed by atoms with Gasteiger partial charge in [-0.1, -0.05) is 35.9 Å². The van der Waals surface area contributed by atoms with Crippen molar-refractivity contribution in [2.75, 3.05) is 12.4 Å². The molecule has 0 radical (unpaired) electrons. The molecule has 0 aliphatic heterocycles. The SMILES string of the molecule is CCC=C(CC)c1nccc2nc(Nc3c(C)cc(Br)cc3OC)n(C)c12.